The average molecular weight is 567 g/mol. The fraction of sp³-hybridized carbons (Fsp3) is 0.833. The molecule has 0 amide bonds. The van der Waals surface area contributed by atoms with Crippen molar-refractivity contribution < 1.29 is 18.3 Å². The molecule has 4 atom stereocenters. The van der Waals surface area contributed by atoms with Gasteiger partial charge in [0.15, 0.2) is 0 Å². The second-order valence-corrected chi connectivity index (χ2v) is 24.0. The van der Waals surface area contributed by atoms with Crippen molar-refractivity contribution in [3.05, 3.63) is 24.0 Å². The second kappa shape index (κ2) is 13.7. The van der Waals surface area contributed by atoms with Gasteiger partial charge in [0.25, 0.3) is 0 Å². The van der Waals surface area contributed by atoms with Crippen molar-refractivity contribution in [2.24, 2.45) is 0 Å². The van der Waals surface area contributed by atoms with Gasteiger partial charge in [-0.15, -0.1) is 0 Å². The lowest BCUT2D eigenvalue weighted by molar-refractivity contribution is -0.177. The number of ether oxygens (including phenoxy) is 2. The first-order valence-electron chi connectivity index (χ1n) is 14.9. The predicted molar refractivity (Wildman–Crippen MR) is 165 cm³/mol. The van der Waals surface area contributed by atoms with E-state index in [-0.39, 0.29) is 24.4 Å². The zero-order chi connectivity index (χ0) is 29.0. The lowest BCUT2D eigenvalue weighted by atomic mass is 9.94. The highest BCUT2D eigenvalue weighted by Crippen LogP contribution is 2.49. The van der Waals surface area contributed by atoms with Gasteiger partial charge in [-0.3, -0.25) is 4.98 Å². The molecular formula is C30H58N2O4Si2. The van der Waals surface area contributed by atoms with Crippen LogP contribution in [0.25, 0.3) is 0 Å². The highest BCUT2D eigenvalue weighted by atomic mass is 28.4. The van der Waals surface area contributed by atoms with Crippen LogP contribution in [-0.2, 0) is 18.3 Å². The minimum Gasteiger partial charge on any atom is -0.410 e. The maximum absolute atomic E-state index is 7.57. The van der Waals surface area contributed by atoms with E-state index in [1.54, 1.807) is 19.5 Å². The highest BCUT2D eigenvalue weighted by molar-refractivity contribution is 6.78. The van der Waals surface area contributed by atoms with Gasteiger partial charge in [-0.05, 0) is 39.3 Å². The van der Waals surface area contributed by atoms with Gasteiger partial charge in [0.05, 0.1) is 36.8 Å². The standard InChI is InChI=1S/C30H58N2O4Si2/c1-19(2)37(20(3)4,21(5)6)35-28-16-27(25-14-15-32-17-26(25)31)34-29(18-33-13)30(28)36-38(22(7)8,23(9)10)24(11)12/h14-15,17,19-24,27-30H,16,18,31H2,1-13H3. The summed E-state index contributed by atoms with van der Waals surface area (Å²) in [5, 5.41) is 0. The largest absolute Gasteiger partial charge is 0.410 e. The summed E-state index contributed by atoms with van der Waals surface area (Å²) in [7, 11) is -2.70. The van der Waals surface area contributed by atoms with E-state index < -0.39 is 16.6 Å². The number of methoxy groups -OCH3 is 1. The molecule has 0 radical (unpaired) electrons. The topological polar surface area (TPSA) is 75.8 Å². The van der Waals surface area contributed by atoms with Crippen LogP contribution < -0.4 is 5.73 Å². The predicted octanol–water partition coefficient (Wildman–Crippen LogP) is 8.26. The molecule has 1 fully saturated rings. The quantitative estimate of drug-likeness (QED) is 0.242. The number of nitrogens with zero attached hydrogens (tertiary/aromatic N) is 1. The molecule has 0 aliphatic carbocycles. The molecule has 6 nitrogen and oxygen atoms in total. The Labute approximate surface area is 236 Å². The summed E-state index contributed by atoms with van der Waals surface area (Å²) >= 11 is 0. The maximum atomic E-state index is 7.57. The van der Waals surface area contributed by atoms with Crippen molar-refractivity contribution in [2.75, 3.05) is 19.5 Å². The van der Waals surface area contributed by atoms with Gasteiger partial charge in [0.2, 0.25) is 16.6 Å². The third kappa shape index (κ3) is 6.57. The summed E-state index contributed by atoms with van der Waals surface area (Å²) in [6.45, 7) is 28.6. The first-order valence-corrected chi connectivity index (χ1v) is 19.1. The molecule has 8 heteroatoms. The Morgan fingerprint density at radius 1 is 0.842 bits per heavy atom. The number of rotatable bonds is 13. The van der Waals surface area contributed by atoms with Crippen molar-refractivity contribution >= 4 is 22.3 Å². The molecule has 0 spiro atoms. The Morgan fingerprint density at radius 3 is 1.74 bits per heavy atom. The molecule has 0 bridgehead atoms. The number of aromatic nitrogens is 1. The first kappa shape index (κ1) is 33.4. The molecule has 2 rings (SSSR count). The number of hydrogen-bond donors (Lipinski definition) is 1. The molecule has 38 heavy (non-hydrogen) atoms. The van der Waals surface area contributed by atoms with Gasteiger partial charge in [-0.2, -0.15) is 0 Å². The van der Waals surface area contributed by atoms with Gasteiger partial charge in [-0.25, -0.2) is 0 Å². The Morgan fingerprint density at radius 2 is 1.32 bits per heavy atom. The fourth-order valence-corrected chi connectivity index (χ4v) is 18.9. The van der Waals surface area contributed by atoms with Gasteiger partial charge >= 0.3 is 0 Å². The third-order valence-corrected chi connectivity index (χ3v) is 21.4. The van der Waals surface area contributed by atoms with E-state index in [4.69, 9.17) is 24.1 Å². The molecule has 1 aromatic rings. The minimum absolute atomic E-state index is 0.108. The van der Waals surface area contributed by atoms with Crippen LogP contribution in [0, 0.1) is 0 Å². The van der Waals surface area contributed by atoms with E-state index in [2.05, 4.69) is 88.1 Å². The third-order valence-electron chi connectivity index (χ3n) is 9.19. The van der Waals surface area contributed by atoms with Gasteiger partial charge in [0, 0.05) is 25.3 Å². The van der Waals surface area contributed by atoms with Crippen LogP contribution in [0.5, 0.6) is 0 Å². The Balaban J connectivity index is 2.70. The number of pyridine rings is 1. The average Bonchev–Trinajstić information content (AvgIpc) is 2.80. The lowest BCUT2D eigenvalue weighted by Crippen LogP contribution is -2.62. The van der Waals surface area contributed by atoms with E-state index in [9.17, 15) is 0 Å². The summed E-state index contributed by atoms with van der Waals surface area (Å²) in [6.07, 6.45) is 3.46. The molecule has 1 aliphatic heterocycles. The van der Waals surface area contributed by atoms with Crippen molar-refractivity contribution in [1.29, 1.82) is 0 Å². The molecule has 220 valence electrons. The number of anilines is 1. The number of nitrogens with two attached hydrogens (primary N) is 1. The zero-order valence-corrected chi connectivity index (χ0v) is 28.6. The van der Waals surface area contributed by atoms with Crippen LogP contribution in [0.3, 0.4) is 0 Å². The monoisotopic (exact) mass is 566 g/mol. The molecular weight excluding hydrogens is 509 g/mol. The van der Waals surface area contributed by atoms with Crippen LogP contribution in [0.4, 0.5) is 5.69 Å². The van der Waals surface area contributed by atoms with E-state index in [1.807, 2.05) is 6.07 Å². The summed E-state index contributed by atoms with van der Waals surface area (Å²) < 4.78 is 27.7. The summed E-state index contributed by atoms with van der Waals surface area (Å²) in [6, 6.07) is 1.98. The normalized spacial score (nSPS) is 23.6. The fourth-order valence-electron chi connectivity index (χ4n) is 7.72. The van der Waals surface area contributed by atoms with E-state index >= 15 is 0 Å². The van der Waals surface area contributed by atoms with Crippen LogP contribution >= 0.6 is 0 Å². The maximum Gasteiger partial charge on any atom is 0.201 e. The van der Waals surface area contributed by atoms with Gasteiger partial charge in [-0.1, -0.05) is 83.1 Å². The molecule has 1 saturated heterocycles. The molecule has 2 heterocycles. The second-order valence-electron chi connectivity index (χ2n) is 13.2. The Hall–Kier alpha value is -0.776. The molecule has 2 N–H and O–H groups in total. The summed E-state index contributed by atoms with van der Waals surface area (Å²) in [5.41, 5.74) is 10.8. The lowest BCUT2D eigenvalue weighted by Gasteiger charge is -2.53. The van der Waals surface area contributed by atoms with Crippen molar-refractivity contribution in [1.82, 2.24) is 4.98 Å². The number of nitrogen functional groups attached to an aromatic ring is 1. The zero-order valence-electron chi connectivity index (χ0n) is 26.6. The van der Waals surface area contributed by atoms with E-state index in [0.29, 0.717) is 52.0 Å². The molecule has 4 unspecified atom stereocenters. The van der Waals surface area contributed by atoms with E-state index in [1.165, 1.54) is 0 Å². The SMILES string of the molecule is COCC1OC(c2ccncc2N)CC(O[Si](C(C)C)(C(C)C)C(C)C)C1O[Si](C(C)C)(C(C)C)C(C)C. The van der Waals surface area contributed by atoms with Crippen LogP contribution in [-0.4, -0.2) is 53.6 Å². The van der Waals surface area contributed by atoms with Crippen molar-refractivity contribution in [2.45, 2.75) is 147 Å². The van der Waals surface area contributed by atoms with Gasteiger partial charge in [0.1, 0.15) is 6.10 Å². The highest BCUT2D eigenvalue weighted by Gasteiger charge is 2.54. The summed E-state index contributed by atoms with van der Waals surface area (Å²) in [4.78, 5) is 4.22. The molecule has 0 aromatic carbocycles. The van der Waals surface area contributed by atoms with Crippen LogP contribution in [0.1, 0.15) is 101 Å². The molecule has 1 aliphatic rings. The van der Waals surface area contributed by atoms with Crippen LogP contribution in [0.2, 0.25) is 33.2 Å². The first-order chi connectivity index (χ1) is 17.7. The van der Waals surface area contributed by atoms with E-state index in [0.717, 1.165) is 5.56 Å². The Bertz CT molecular complexity index is 819. The minimum atomic E-state index is -2.23. The Kier molecular flexibility index (Phi) is 12.1. The molecule has 0 saturated carbocycles. The van der Waals surface area contributed by atoms with Crippen LogP contribution in [0.15, 0.2) is 18.5 Å². The summed E-state index contributed by atoms with van der Waals surface area (Å²) in [5.74, 6) is 0. The van der Waals surface area contributed by atoms with Crippen molar-refractivity contribution in [3.63, 3.8) is 0 Å². The number of hydrogen-bond acceptors (Lipinski definition) is 6. The van der Waals surface area contributed by atoms with Gasteiger partial charge < -0.3 is 24.1 Å². The smallest absolute Gasteiger partial charge is 0.201 e. The molecule has 1 aromatic heterocycles. The van der Waals surface area contributed by atoms with Crippen molar-refractivity contribution in [3.8, 4) is 0 Å².